The molecular weight excluding hydrogens is 262 g/mol. The Morgan fingerprint density at radius 2 is 2.14 bits per heavy atom. The zero-order valence-electron chi connectivity index (χ0n) is 14.9. The Morgan fingerprint density at radius 3 is 2.81 bits per heavy atom. The molecule has 4 nitrogen and oxygen atoms in total. The topological polar surface area (TPSA) is 27.7 Å². The fraction of sp³-hybridized carbons (Fsp3) is 1.00. The van der Waals surface area contributed by atoms with Crippen molar-refractivity contribution in [3.8, 4) is 0 Å². The molecule has 0 saturated carbocycles. The van der Waals surface area contributed by atoms with Crippen molar-refractivity contribution in [3.63, 3.8) is 0 Å². The predicted octanol–water partition coefficient (Wildman–Crippen LogP) is 2.16. The lowest BCUT2D eigenvalue weighted by molar-refractivity contribution is -0.0290. The number of morpholine rings is 1. The van der Waals surface area contributed by atoms with Crippen LogP contribution in [0.15, 0.2) is 0 Å². The van der Waals surface area contributed by atoms with E-state index in [1.807, 2.05) is 0 Å². The second-order valence-electron chi connectivity index (χ2n) is 7.12. The highest BCUT2D eigenvalue weighted by Gasteiger charge is 2.20. The second-order valence-corrected chi connectivity index (χ2v) is 7.12. The average molecular weight is 302 g/mol. The van der Waals surface area contributed by atoms with Gasteiger partial charge in [0.25, 0.3) is 0 Å². The van der Waals surface area contributed by atoms with Crippen LogP contribution < -0.4 is 5.32 Å². The second kappa shape index (κ2) is 10.5. The molecule has 1 aliphatic heterocycles. The average Bonchev–Trinajstić information content (AvgIpc) is 2.45. The summed E-state index contributed by atoms with van der Waals surface area (Å²) in [6.45, 7) is 17.7. The summed E-state index contributed by atoms with van der Waals surface area (Å²) in [4.78, 5) is 5.02. The molecule has 0 amide bonds. The Morgan fingerprint density at radius 1 is 1.38 bits per heavy atom. The molecule has 0 aromatic rings. The van der Waals surface area contributed by atoms with Crippen molar-refractivity contribution in [2.75, 3.05) is 59.5 Å². The Bertz CT molecular complexity index is 266. The number of nitrogens with one attached hydrogen (secondary N) is 1. The van der Waals surface area contributed by atoms with Crippen molar-refractivity contribution in [1.29, 1.82) is 0 Å². The predicted molar refractivity (Wildman–Crippen MR) is 93.0 cm³/mol. The highest BCUT2D eigenvalue weighted by Crippen LogP contribution is 2.06. The van der Waals surface area contributed by atoms with Gasteiger partial charge in [0.15, 0.2) is 0 Å². The summed E-state index contributed by atoms with van der Waals surface area (Å²) >= 11 is 0. The first-order chi connectivity index (χ1) is 10.0. The third-order valence-corrected chi connectivity index (χ3v) is 4.27. The Hall–Kier alpha value is -0.160. The smallest absolute Gasteiger partial charge is 0.0826 e. The summed E-state index contributed by atoms with van der Waals surface area (Å²) in [5.41, 5.74) is 0. The molecule has 0 bridgehead atoms. The summed E-state index contributed by atoms with van der Waals surface area (Å²) in [6, 6.07) is 0. The molecule has 1 unspecified atom stereocenters. The molecule has 0 radical (unpaired) electrons. The van der Waals surface area contributed by atoms with Gasteiger partial charge in [-0.3, -0.25) is 4.90 Å². The SMILES string of the molecule is CCC(C)CN(C)CCN1CCO[C@@H](CNCC(C)C)C1.[HH]. The van der Waals surface area contributed by atoms with Crippen molar-refractivity contribution < 1.29 is 6.16 Å². The van der Waals surface area contributed by atoms with Gasteiger partial charge in [0.05, 0.1) is 12.7 Å². The molecule has 0 aromatic carbocycles. The van der Waals surface area contributed by atoms with E-state index >= 15 is 0 Å². The quantitative estimate of drug-likeness (QED) is 0.669. The Kier molecular flexibility index (Phi) is 9.49. The van der Waals surface area contributed by atoms with Crippen molar-refractivity contribution in [3.05, 3.63) is 0 Å². The lowest BCUT2D eigenvalue weighted by atomic mass is 10.1. The van der Waals surface area contributed by atoms with Gasteiger partial charge in [0.2, 0.25) is 0 Å². The van der Waals surface area contributed by atoms with Crippen molar-refractivity contribution in [1.82, 2.24) is 15.1 Å². The third kappa shape index (κ3) is 8.77. The molecule has 128 valence electrons. The summed E-state index contributed by atoms with van der Waals surface area (Å²) in [5, 5.41) is 3.51. The van der Waals surface area contributed by atoms with Gasteiger partial charge in [-0.15, -0.1) is 0 Å². The van der Waals surface area contributed by atoms with E-state index in [0.717, 1.165) is 51.8 Å². The van der Waals surface area contributed by atoms with Crippen LogP contribution in [0.2, 0.25) is 0 Å². The molecule has 1 fully saturated rings. The Labute approximate surface area is 133 Å². The first-order valence-electron chi connectivity index (χ1n) is 8.74. The summed E-state index contributed by atoms with van der Waals surface area (Å²) in [6.07, 6.45) is 1.63. The molecule has 4 heteroatoms. The lowest BCUT2D eigenvalue weighted by Crippen LogP contribution is -2.48. The van der Waals surface area contributed by atoms with Crippen LogP contribution in [-0.4, -0.2) is 75.4 Å². The molecule has 0 aliphatic carbocycles. The summed E-state index contributed by atoms with van der Waals surface area (Å²) in [5.74, 6) is 1.51. The molecule has 1 aliphatic rings. The first-order valence-corrected chi connectivity index (χ1v) is 8.74. The molecule has 1 heterocycles. The molecule has 1 saturated heterocycles. The first kappa shape index (κ1) is 18.9. The van der Waals surface area contributed by atoms with Crippen LogP contribution in [0.4, 0.5) is 0 Å². The van der Waals surface area contributed by atoms with E-state index in [4.69, 9.17) is 4.74 Å². The van der Waals surface area contributed by atoms with E-state index in [-0.39, 0.29) is 1.43 Å². The zero-order chi connectivity index (χ0) is 15.7. The van der Waals surface area contributed by atoms with Gasteiger partial charge in [0, 0.05) is 40.7 Å². The van der Waals surface area contributed by atoms with Gasteiger partial charge in [0.1, 0.15) is 0 Å². The zero-order valence-corrected chi connectivity index (χ0v) is 14.9. The third-order valence-electron chi connectivity index (χ3n) is 4.27. The minimum absolute atomic E-state index is 0. The van der Waals surface area contributed by atoms with E-state index in [1.54, 1.807) is 0 Å². The molecule has 0 spiro atoms. The maximum absolute atomic E-state index is 5.86. The summed E-state index contributed by atoms with van der Waals surface area (Å²) < 4.78 is 5.86. The van der Waals surface area contributed by atoms with E-state index in [2.05, 4.69) is 49.9 Å². The van der Waals surface area contributed by atoms with Gasteiger partial charge in [-0.1, -0.05) is 34.1 Å². The highest BCUT2D eigenvalue weighted by molar-refractivity contribution is 4.74. The van der Waals surface area contributed by atoms with Crippen LogP contribution in [0, 0.1) is 11.8 Å². The van der Waals surface area contributed by atoms with Crippen LogP contribution in [0.3, 0.4) is 0 Å². The van der Waals surface area contributed by atoms with Gasteiger partial charge in [-0.2, -0.15) is 0 Å². The van der Waals surface area contributed by atoms with Gasteiger partial charge in [-0.25, -0.2) is 0 Å². The van der Waals surface area contributed by atoms with Crippen LogP contribution in [-0.2, 0) is 4.74 Å². The molecule has 21 heavy (non-hydrogen) atoms. The number of rotatable bonds is 10. The van der Waals surface area contributed by atoms with Crippen LogP contribution in [0.25, 0.3) is 0 Å². The fourth-order valence-corrected chi connectivity index (χ4v) is 2.70. The molecular formula is C17H39N3O. The number of ether oxygens (including phenoxy) is 1. The lowest BCUT2D eigenvalue weighted by Gasteiger charge is -2.34. The van der Waals surface area contributed by atoms with Crippen LogP contribution in [0.1, 0.15) is 35.5 Å². The number of nitrogens with zero attached hydrogens (tertiary/aromatic N) is 2. The van der Waals surface area contributed by atoms with Crippen molar-refractivity contribution >= 4 is 0 Å². The molecule has 2 atom stereocenters. The highest BCUT2D eigenvalue weighted by atomic mass is 16.5. The maximum Gasteiger partial charge on any atom is 0.0826 e. The maximum atomic E-state index is 5.86. The molecule has 0 aromatic heterocycles. The van der Waals surface area contributed by atoms with Crippen LogP contribution in [0.5, 0.6) is 0 Å². The van der Waals surface area contributed by atoms with Gasteiger partial charge in [-0.05, 0) is 25.4 Å². The molecule has 1 rings (SSSR count). The minimum Gasteiger partial charge on any atom is -0.374 e. The molecule has 1 N–H and O–H groups in total. The normalized spacial score (nSPS) is 22.1. The summed E-state index contributed by atoms with van der Waals surface area (Å²) in [7, 11) is 2.24. The van der Waals surface area contributed by atoms with Crippen molar-refractivity contribution in [2.45, 2.75) is 40.2 Å². The van der Waals surface area contributed by atoms with Gasteiger partial charge < -0.3 is 15.0 Å². The minimum atomic E-state index is 0. The van der Waals surface area contributed by atoms with Crippen LogP contribution >= 0.6 is 0 Å². The monoisotopic (exact) mass is 301 g/mol. The van der Waals surface area contributed by atoms with E-state index in [0.29, 0.717) is 12.0 Å². The number of likely N-dealkylation sites (N-methyl/N-ethyl adjacent to an activating group) is 1. The number of hydrogen-bond donors (Lipinski definition) is 1. The van der Waals surface area contributed by atoms with E-state index in [1.165, 1.54) is 13.0 Å². The number of hydrogen-bond acceptors (Lipinski definition) is 4. The van der Waals surface area contributed by atoms with E-state index in [9.17, 15) is 0 Å². The van der Waals surface area contributed by atoms with Gasteiger partial charge >= 0.3 is 0 Å². The van der Waals surface area contributed by atoms with Crippen molar-refractivity contribution in [2.24, 2.45) is 11.8 Å². The van der Waals surface area contributed by atoms with E-state index < -0.39 is 0 Å². The standard InChI is InChI=1S/C17H37N3O.H2/c1-6-16(4)13-19(5)7-8-20-9-10-21-17(14-20)12-18-11-15(2)3;/h15-18H,6-14H2,1-5H3;1H/t16?,17-;/m0./s1. The largest absolute Gasteiger partial charge is 0.374 e. The Balaban J connectivity index is 0.00000441. The fourth-order valence-electron chi connectivity index (χ4n) is 2.70.